The fraction of sp³-hybridized carbons (Fsp3) is 0.0909. The molecule has 0 heterocycles. The number of hydrogen-bond acceptors (Lipinski definition) is 3. The molecule has 0 aliphatic rings. The number of carboxylic acid groups (broad SMARTS) is 2. The molecule has 0 atom stereocenters. The van der Waals surface area contributed by atoms with Crippen LogP contribution in [0.4, 0.5) is 4.79 Å². The van der Waals surface area contributed by atoms with Crippen molar-refractivity contribution >= 4 is 12.1 Å². The van der Waals surface area contributed by atoms with Crippen molar-refractivity contribution in [3.8, 4) is 5.75 Å². The first-order valence-corrected chi connectivity index (χ1v) is 4.34. The molecule has 0 bridgehead atoms. The van der Waals surface area contributed by atoms with Crippen LogP contribution in [0.25, 0.3) is 0 Å². The number of ether oxygens (including phenoxy) is 1. The Morgan fingerprint density at radius 1 is 1.25 bits per heavy atom. The van der Waals surface area contributed by atoms with E-state index in [-0.39, 0.29) is 12.4 Å². The summed E-state index contributed by atoms with van der Waals surface area (Å²) in [4.78, 5) is 19.5. The second-order valence-electron chi connectivity index (χ2n) is 2.56. The predicted octanol–water partition coefficient (Wildman–Crippen LogP) is 2.39. The van der Waals surface area contributed by atoms with Crippen molar-refractivity contribution in [2.45, 2.75) is 6.42 Å². The number of para-hydroxylation sites is 1. The number of esters is 1. The Morgan fingerprint density at radius 3 is 2.19 bits per heavy atom. The lowest BCUT2D eigenvalue weighted by molar-refractivity contribution is -0.133. The lowest BCUT2D eigenvalue weighted by Gasteiger charge is -2.00. The number of benzene rings is 1. The molecule has 5 heteroatoms. The first-order chi connectivity index (χ1) is 7.56. The van der Waals surface area contributed by atoms with E-state index in [2.05, 4.69) is 6.58 Å². The van der Waals surface area contributed by atoms with E-state index in [1.165, 1.54) is 6.08 Å². The zero-order chi connectivity index (χ0) is 12.4. The van der Waals surface area contributed by atoms with Crippen LogP contribution in [0.1, 0.15) is 6.42 Å². The molecule has 0 unspecified atom stereocenters. The average molecular weight is 224 g/mol. The van der Waals surface area contributed by atoms with Crippen LogP contribution in [-0.2, 0) is 4.79 Å². The largest absolute Gasteiger partial charge is 0.503 e. The van der Waals surface area contributed by atoms with Crippen molar-refractivity contribution in [3.05, 3.63) is 43.0 Å². The highest BCUT2D eigenvalue weighted by Crippen LogP contribution is 2.08. The van der Waals surface area contributed by atoms with Gasteiger partial charge in [0, 0.05) is 0 Å². The molecule has 1 aromatic carbocycles. The molecular weight excluding hydrogens is 212 g/mol. The zero-order valence-electron chi connectivity index (χ0n) is 8.50. The summed E-state index contributed by atoms with van der Waals surface area (Å²) in [6.07, 6.45) is -0.0693. The van der Waals surface area contributed by atoms with Crippen molar-refractivity contribution in [1.29, 1.82) is 0 Å². The second-order valence-corrected chi connectivity index (χ2v) is 2.56. The Labute approximate surface area is 92.6 Å². The highest BCUT2D eigenvalue weighted by Gasteiger charge is 1.99. The lowest BCUT2D eigenvalue weighted by Crippen LogP contribution is -2.05. The molecule has 0 aliphatic carbocycles. The number of carbonyl (C=O) groups excluding carboxylic acids is 1. The predicted molar refractivity (Wildman–Crippen MR) is 57.5 cm³/mol. The second kappa shape index (κ2) is 8.05. The normalized spacial score (nSPS) is 8.25. The van der Waals surface area contributed by atoms with Crippen LogP contribution in [-0.4, -0.2) is 22.3 Å². The number of carbonyl (C=O) groups is 2. The first kappa shape index (κ1) is 13.7. The van der Waals surface area contributed by atoms with Gasteiger partial charge in [-0.1, -0.05) is 24.3 Å². The van der Waals surface area contributed by atoms with Gasteiger partial charge in [0.25, 0.3) is 0 Å². The van der Waals surface area contributed by atoms with Gasteiger partial charge in [-0.05, 0) is 12.1 Å². The van der Waals surface area contributed by atoms with Crippen molar-refractivity contribution in [1.82, 2.24) is 0 Å². The highest BCUT2D eigenvalue weighted by molar-refractivity contribution is 5.73. The SMILES string of the molecule is C=CCC(=O)Oc1ccccc1.O=C(O)O. The van der Waals surface area contributed by atoms with Gasteiger partial charge >= 0.3 is 12.1 Å². The van der Waals surface area contributed by atoms with Crippen LogP contribution >= 0.6 is 0 Å². The van der Waals surface area contributed by atoms with E-state index < -0.39 is 6.16 Å². The fourth-order valence-corrected chi connectivity index (χ4v) is 0.780. The minimum atomic E-state index is -1.83. The molecule has 0 fully saturated rings. The van der Waals surface area contributed by atoms with Crippen molar-refractivity contribution in [2.24, 2.45) is 0 Å². The van der Waals surface area contributed by atoms with Gasteiger partial charge in [-0.3, -0.25) is 4.79 Å². The third-order valence-corrected chi connectivity index (χ3v) is 1.29. The Bertz CT molecular complexity index is 341. The van der Waals surface area contributed by atoms with E-state index in [0.717, 1.165) is 0 Å². The van der Waals surface area contributed by atoms with Crippen molar-refractivity contribution < 1.29 is 24.5 Å². The molecule has 2 N–H and O–H groups in total. The highest BCUT2D eigenvalue weighted by atomic mass is 16.6. The van der Waals surface area contributed by atoms with E-state index in [1.807, 2.05) is 18.2 Å². The van der Waals surface area contributed by atoms with Crippen LogP contribution < -0.4 is 4.74 Å². The van der Waals surface area contributed by atoms with Crippen LogP contribution in [0.15, 0.2) is 43.0 Å². The van der Waals surface area contributed by atoms with Gasteiger partial charge in [0.1, 0.15) is 5.75 Å². The summed E-state index contributed by atoms with van der Waals surface area (Å²) in [5, 5.41) is 13.9. The molecule has 0 aromatic heterocycles. The van der Waals surface area contributed by atoms with Gasteiger partial charge in [-0.25, -0.2) is 4.79 Å². The molecule has 0 saturated heterocycles. The summed E-state index contributed by atoms with van der Waals surface area (Å²) in [6, 6.07) is 8.97. The standard InChI is InChI=1S/C10H10O2.CH2O3/c1-2-6-10(11)12-9-7-4-3-5-8-9;2-1(3)4/h2-5,7-8H,1,6H2;(H2,2,3,4). The quantitative estimate of drug-likeness (QED) is 0.468. The Kier molecular flexibility index (Phi) is 6.89. The van der Waals surface area contributed by atoms with Crippen LogP contribution in [0.5, 0.6) is 5.75 Å². The van der Waals surface area contributed by atoms with Crippen LogP contribution in [0.3, 0.4) is 0 Å². The van der Waals surface area contributed by atoms with Gasteiger partial charge in [0.2, 0.25) is 0 Å². The average Bonchev–Trinajstić information content (AvgIpc) is 2.18. The Balaban J connectivity index is 0.000000487. The molecule has 0 radical (unpaired) electrons. The van der Waals surface area contributed by atoms with Gasteiger partial charge in [-0.15, -0.1) is 6.58 Å². The summed E-state index contributed by atoms with van der Waals surface area (Å²) >= 11 is 0. The molecule has 0 spiro atoms. The molecule has 0 amide bonds. The molecule has 1 rings (SSSR count). The van der Waals surface area contributed by atoms with Crippen molar-refractivity contribution in [3.63, 3.8) is 0 Å². The maximum absolute atomic E-state index is 10.9. The van der Waals surface area contributed by atoms with Gasteiger partial charge < -0.3 is 14.9 Å². The van der Waals surface area contributed by atoms with Gasteiger partial charge in [-0.2, -0.15) is 0 Å². The van der Waals surface area contributed by atoms with E-state index in [1.54, 1.807) is 12.1 Å². The summed E-state index contributed by atoms with van der Waals surface area (Å²) < 4.78 is 4.94. The monoisotopic (exact) mass is 224 g/mol. The zero-order valence-corrected chi connectivity index (χ0v) is 8.50. The molecule has 1 aromatic rings. The number of rotatable bonds is 3. The molecule has 0 saturated carbocycles. The molecule has 5 nitrogen and oxygen atoms in total. The summed E-state index contributed by atoms with van der Waals surface area (Å²) in [5.74, 6) is 0.292. The number of hydrogen-bond donors (Lipinski definition) is 2. The molecule has 0 aliphatic heterocycles. The van der Waals surface area contributed by atoms with Crippen LogP contribution in [0.2, 0.25) is 0 Å². The Morgan fingerprint density at radius 2 is 1.75 bits per heavy atom. The van der Waals surface area contributed by atoms with Gasteiger partial charge in [0.05, 0.1) is 6.42 Å². The van der Waals surface area contributed by atoms with Gasteiger partial charge in [0.15, 0.2) is 0 Å². The van der Waals surface area contributed by atoms with Crippen molar-refractivity contribution in [2.75, 3.05) is 0 Å². The Hall–Kier alpha value is -2.30. The minimum absolute atomic E-state index is 0.245. The van der Waals surface area contributed by atoms with Crippen LogP contribution in [0, 0.1) is 0 Å². The first-order valence-electron chi connectivity index (χ1n) is 4.34. The summed E-state index contributed by atoms with van der Waals surface area (Å²) in [7, 11) is 0. The summed E-state index contributed by atoms with van der Waals surface area (Å²) in [5.41, 5.74) is 0. The molecule has 86 valence electrons. The third kappa shape index (κ3) is 8.31. The maximum atomic E-state index is 10.9. The summed E-state index contributed by atoms with van der Waals surface area (Å²) in [6.45, 7) is 3.44. The molecular formula is C11H12O5. The van der Waals surface area contributed by atoms with E-state index in [4.69, 9.17) is 19.7 Å². The topological polar surface area (TPSA) is 83.8 Å². The smallest absolute Gasteiger partial charge is 0.450 e. The maximum Gasteiger partial charge on any atom is 0.503 e. The fourth-order valence-electron chi connectivity index (χ4n) is 0.780. The molecule has 16 heavy (non-hydrogen) atoms. The van der Waals surface area contributed by atoms with E-state index in [0.29, 0.717) is 5.75 Å². The lowest BCUT2D eigenvalue weighted by atomic mass is 10.3. The third-order valence-electron chi connectivity index (χ3n) is 1.29. The van der Waals surface area contributed by atoms with E-state index >= 15 is 0 Å². The minimum Gasteiger partial charge on any atom is -0.450 e. The van der Waals surface area contributed by atoms with E-state index in [9.17, 15) is 4.79 Å².